The number of rotatable bonds is 6. The van der Waals surface area contributed by atoms with Gasteiger partial charge in [-0.2, -0.15) is 47.9 Å². The van der Waals surface area contributed by atoms with Crippen LogP contribution in [0.25, 0.3) is 0 Å². The fourth-order valence-corrected chi connectivity index (χ4v) is 5.46. The Hall–Kier alpha value is -2.63. The molecule has 3 aromatic carbocycles. The third-order valence-electron chi connectivity index (χ3n) is 4.48. The van der Waals surface area contributed by atoms with Crippen molar-refractivity contribution >= 4 is 34.0 Å². The van der Waals surface area contributed by atoms with Gasteiger partial charge in [0.05, 0.1) is 0 Å². The van der Waals surface area contributed by atoms with E-state index in [9.17, 15) is 47.9 Å². The van der Waals surface area contributed by atoms with Gasteiger partial charge in [-0.05, 0) is 23.8 Å². The van der Waals surface area contributed by atoms with E-state index in [1.54, 1.807) is 0 Å². The molecule has 0 unspecified atom stereocenters. The molecule has 0 radical (unpaired) electrons. The molecular formula is C22H16F9O3PS. The molecule has 0 aromatic heterocycles. The average Bonchev–Trinajstić information content (AvgIpc) is 2.80. The third kappa shape index (κ3) is 6.01. The summed E-state index contributed by atoms with van der Waals surface area (Å²) >= 11 is 0. The molecule has 0 aliphatic rings. The van der Waals surface area contributed by atoms with Gasteiger partial charge in [-0.15, -0.1) is 0 Å². The minimum atomic E-state index is -7.37. The zero-order chi connectivity index (χ0) is 27.4. The van der Waals surface area contributed by atoms with Crippen LogP contribution in [-0.2, 0) is 10.1 Å². The molecule has 0 fully saturated rings. The fourth-order valence-electron chi connectivity index (χ4n) is 2.70. The molecule has 0 spiro atoms. The maximum atomic E-state index is 12.2. The van der Waals surface area contributed by atoms with E-state index in [2.05, 4.69) is 91.0 Å². The van der Waals surface area contributed by atoms with Gasteiger partial charge in [0.15, 0.2) is 0 Å². The number of benzene rings is 3. The lowest BCUT2D eigenvalue weighted by Crippen LogP contribution is -2.63. The predicted octanol–water partition coefficient (Wildman–Crippen LogP) is 5.74. The summed E-state index contributed by atoms with van der Waals surface area (Å²) < 4.78 is 134. The summed E-state index contributed by atoms with van der Waals surface area (Å²) in [5.41, 5.74) is 0. The molecule has 3 aromatic rings. The molecule has 0 heterocycles. The van der Waals surface area contributed by atoms with Crippen LogP contribution in [0.3, 0.4) is 0 Å². The van der Waals surface area contributed by atoms with Crippen molar-refractivity contribution in [2.45, 2.75) is 23.3 Å². The number of alkyl halides is 9. The molecular weight excluding hydrogens is 546 g/mol. The molecule has 36 heavy (non-hydrogen) atoms. The van der Waals surface area contributed by atoms with Gasteiger partial charge in [-0.1, -0.05) is 91.0 Å². The monoisotopic (exact) mass is 562 g/mol. The van der Waals surface area contributed by atoms with Crippen LogP contribution in [0.2, 0.25) is 0 Å². The highest BCUT2D eigenvalue weighted by Gasteiger charge is 2.85. The van der Waals surface area contributed by atoms with Gasteiger partial charge < -0.3 is 0 Å². The first-order chi connectivity index (χ1) is 16.4. The molecule has 3 nitrogen and oxygen atoms in total. The summed E-state index contributed by atoms with van der Waals surface area (Å²) in [6.07, 6.45) is -7.13. The van der Waals surface area contributed by atoms with Crippen molar-refractivity contribution < 1.29 is 52.5 Å². The van der Waals surface area contributed by atoms with Gasteiger partial charge in [0, 0.05) is 0 Å². The quantitative estimate of drug-likeness (QED) is 0.237. The van der Waals surface area contributed by atoms with E-state index in [0.29, 0.717) is 0 Å². The first kappa shape index (κ1) is 29.6. The van der Waals surface area contributed by atoms with Gasteiger partial charge in [0.2, 0.25) is 0 Å². The van der Waals surface area contributed by atoms with E-state index < -0.39 is 41.3 Å². The molecule has 0 atom stereocenters. The minimum absolute atomic E-state index is 0.446. The van der Waals surface area contributed by atoms with Crippen LogP contribution in [0, 0.1) is 0 Å². The van der Waals surface area contributed by atoms with Crippen LogP contribution in [0.4, 0.5) is 39.5 Å². The molecule has 3 rings (SSSR count). The number of halogens is 9. The van der Waals surface area contributed by atoms with Crippen molar-refractivity contribution in [3.63, 3.8) is 0 Å². The summed E-state index contributed by atoms with van der Waals surface area (Å²) in [6, 6.07) is 32.3. The number of hydrogen-bond acceptors (Lipinski definition) is 2. The second-order valence-electron chi connectivity index (χ2n) is 6.98. The summed E-state index contributed by atoms with van der Waals surface area (Å²) in [5, 5.41) is -2.81. The summed E-state index contributed by atoms with van der Waals surface area (Å²) in [6.45, 7) is 0. The van der Waals surface area contributed by atoms with E-state index in [1.807, 2.05) is 0 Å². The third-order valence-corrected chi connectivity index (χ3v) is 7.83. The SMILES string of the molecule is O=S(=O)(O)C(F)(F)C(F)(F)C(F)(F)C(F)(F)F.c1ccc(P(c2ccccc2)c2ccccc2)cc1. The van der Waals surface area contributed by atoms with Gasteiger partial charge >= 0.3 is 33.4 Å². The molecule has 14 heteroatoms. The molecule has 1 N–H and O–H groups in total. The highest BCUT2D eigenvalue weighted by atomic mass is 32.2. The maximum absolute atomic E-state index is 12.2. The Balaban J connectivity index is 0.000000256. The standard InChI is InChI=1S/C18H15P.C4HF9O3S/c1-4-10-16(11-5-1)19(17-12-6-2-7-13-17)18-14-8-3-9-15-18;5-1(6,3(9,10)11)2(7,8)4(12,13)17(14,15)16/h1-15H;(H,14,15,16). The van der Waals surface area contributed by atoms with Gasteiger partial charge in [-0.3, -0.25) is 4.55 Å². The molecule has 0 aliphatic carbocycles. The molecule has 0 bridgehead atoms. The van der Waals surface area contributed by atoms with E-state index in [1.165, 1.54) is 15.9 Å². The van der Waals surface area contributed by atoms with Crippen LogP contribution in [0.1, 0.15) is 0 Å². The normalized spacial score (nSPS) is 13.2. The highest BCUT2D eigenvalue weighted by molar-refractivity contribution is 7.87. The Morgan fingerprint density at radius 3 is 1.03 bits per heavy atom. The van der Waals surface area contributed by atoms with Crippen LogP contribution in [0.15, 0.2) is 91.0 Å². The lowest BCUT2D eigenvalue weighted by molar-refractivity contribution is -0.382. The Kier molecular flexibility index (Phi) is 8.86. The zero-order valence-electron chi connectivity index (χ0n) is 17.7. The van der Waals surface area contributed by atoms with E-state index in [-0.39, 0.29) is 0 Å². The number of hydrogen-bond donors (Lipinski definition) is 1. The Morgan fingerprint density at radius 2 is 0.806 bits per heavy atom. The predicted molar refractivity (Wildman–Crippen MR) is 118 cm³/mol. The largest absolute Gasteiger partial charge is 0.460 e. The Morgan fingerprint density at radius 1 is 0.528 bits per heavy atom. The van der Waals surface area contributed by atoms with Crippen molar-refractivity contribution in [1.29, 1.82) is 0 Å². The second-order valence-corrected chi connectivity index (χ2v) is 10.7. The van der Waals surface area contributed by atoms with E-state index >= 15 is 0 Å². The van der Waals surface area contributed by atoms with Crippen LogP contribution in [0.5, 0.6) is 0 Å². The molecule has 0 saturated carbocycles. The van der Waals surface area contributed by atoms with Crippen molar-refractivity contribution in [1.82, 2.24) is 0 Å². The summed E-state index contributed by atoms with van der Waals surface area (Å²) in [4.78, 5) is 0. The second kappa shape index (κ2) is 10.8. The fraction of sp³-hybridized carbons (Fsp3) is 0.182. The topological polar surface area (TPSA) is 54.4 Å². The van der Waals surface area contributed by atoms with Crippen molar-refractivity contribution in [2.24, 2.45) is 0 Å². The van der Waals surface area contributed by atoms with Gasteiger partial charge in [0.25, 0.3) is 0 Å². The summed E-state index contributed by atoms with van der Waals surface area (Å²) in [5.74, 6) is -14.7. The first-order valence-corrected chi connectivity index (χ1v) is 12.4. The van der Waals surface area contributed by atoms with E-state index in [0.717, 1.165) is 0 Å². The smallest absolute Gasteiger partial charge is 0.281 e. The zero-order valence-corrected chi connectivity index (χ0v) is 19.4. The van der Waals surface area contributed by atoms with Crippen molar-refractivity contribution in [3.05, 3.63) is 91.0 Å². The van der Waals surface area contributed by atoms with Crippen molar-refractivity contribution in [3.8, 4) is 0 Å². The van der Waals surface area contributed by atoms with Gasteiger partial charge in [0.1, 0.15) is 0 Å². The van der Waals surface area contributed by atoms with Crippen LogP contribution in [-0.4, -0.2) is 36.2 Å². The Bertz CT molecular complexity index is 1130. The first-order valence-electron chi connectivity index (χ1n) is 9.57. The maximum Gasteiger partial charge on any atom is 0.460 e. The molecule has 0 saturated heterocycles. The van der Waals surface area contributed by atoms with E-state index in [4.69, 9.17) is 4.55 Å². The molecule has 196 valence electrons. The highest BCUT2D eigenvalue weighted by Crippen LogP contribution is 2.54. The lowest BCUT2D eigenvalue weighted by Gasteiger charge is -2.31. The minimum Gasteiger partial charge on any atom is -0.281 e. The van der Waals surface area contributed by atoms with Gasteiger partial charge in [-0.25, -0.2) is 0 Å². The summed E-state index contributed by atoms with van der Waals surface area (Å²) in [7, 11) is -7.61. The lowest BCUT2D eigenvalue weighted by atomic mass is 10.1. The Labute approximate surface area is 201 Å². The average molecular weight is 562 g/mol. The molecule has 0 aliphatic heterocycles. The van der Waals surface area contributed by atoms with Crippen molar-refractivity contribution in [2.75, 3.05) is 0 Å². The van der Waals surface area contributed by atoms with Crippen LogP contribution >= 0.6 is 7.92 Å². The van der Waals surface area contributed by atoms with Crippen LogP contribution < -0.4 is 15.9 Å². The molecule has 0 amide bonds.